The van der Waals surface area contributed by atoms with Crippen molar-refractivity contribution in [3.05, 3.63) is 104 Å². The number of nitrogens with one attached hydrogen (secondary N) is 1. The predicted molar refractivity (Wildman–Crippen MR) is 123 cm³/mol. The van der Waals surface area contributed by atoms with Gasteiger partial charge < -0.3 is 9.88 Å². The molecular formula is C24H16BrF2N3O3. The number of nitrogens with zero attached hydrogens (tertiary/aromatic N) is 2. The molecule has 0 spiro atoms. The molecule has 9 heteroatoms. The number of anilines is 1. The molecule has 33 heavy (non-hydrogen) atoms. The summed E-state index contributed by atoms with van der Waals surface area (Å²) in [5, 5.41) is 2.54. The number of aromatic nitrogens is 2. The van der Waals surface area contributed by atoms with Gasteiger partial charge in [0.1, 0.15) is 23.8 Å². The lowest BCUT2D eigenvalue weighted by molar-refractivity contribution is -0.116. The Morgan fingerprint density at radius 3 is 2.48 bits per heavy atom. The summed E-state index contributed by atoms with van der Waals surface area (Å²) < 4.78 is 29.2. The maximum atomic E-state index is 13.9. The predicted octanol–water partition coefficient (Wildman–Crippen LogP) is 4.62. The Morgan fingerprint density at radius 2 is 1.79 bits per heavy atom. The largest absolute Gasteiger partial charge is 0.322 e. The number of benzene rings is 2. The van der Waals surface area contributed by atoms with Crippen molar-refractivity contribution in [2.75, 3.05) is 5.32 Å². The first-order valence-corrected chi connectivity index (χ1v) is 10.6. The molecule has 2 heterocycles. The number of fused-ring (bicyclic) bond motifs is 1. The van der Waals surface area contributed by atoms with Gasteiger partial charge in [0.25, 0.3) is 0 Å². The van der Waals surface area contributed by atoms with Gasteiger partial charge in [-0.25, -0.2) is 13.8 Å². The summed E-state index contributed by atoms with van der Waals surface area (Å²) in [4.78, 5) is 43.1. The molecule has 1 N–H and O–H groups in total. The summed E-state index contributed by atoms with van der Waals surface area (Å²) in [6.07, 6.45) is 1.28. The number of hydrogen-bond donors (Lipinski definition) is 1. The fraction of sp³-hybridized carbons (Fsp3) is 0.0833. The van der Waals surface area contributed by atoms with Crippen LogP contribution in [0.25, 0.3) is 11.0 Å². The molecule has 0 aliphatic rings. The maximum absolute atomic E-state index is 13.9. The average Bonchev–Trinajstić information content (AvgIpc) is 2.77. The van der Waals surface area contributed by atoms with E-state index in [4.69, 9.17) is 0 Å². The first-order valence-electron chi connectivity index (χ1n) is 9.79. The van der Waals surface area contributed by atoms with E-state index in [9.17, 15) is 23.2 Å². The lowest BCUT2D eigenvalue weighted by Gasteiger charge is -2.13. The van der Waals surface area contributed by atoms with Crippen molar-refractivity contribution in [1.82, 2.24) is 9.55 Å². The monoisotopic (exact) mass is 511 g/mol. The van der Waals surface area contributed by atoms with Crippen LogP contribution in [0.2, 0.25) is 0 Å². The van der Waals surface area contributed by atoms with Crippen LogP contribution in [0.5, 0.6) is 0 Å². The second-order valence-corrected chi connectivity index (χ2v) is 8.25. The molecule has 0 fully saturated rings. The zero-order valence-corrected chi connectivity index (χ0v) is 18.8. The Balaban J connectivity index is 1.76. The summed E-state index contributed by atoms with van der Waals surface area (Å²) in [7, 11) is 0. The standard InChI is InChI=1S/C24H16BrF2N3O3/c1-13-2-8-17-23(33)18(22(32)14-3-5-15(25)6-4-14)11-30(24(17)28-13)12-21(31)29-20-9-7-16(26)10-19(20)27/h2-11H,12H2,1H3,(H,29,31). The van der Waals surface area contributed by atoms with Crippen LogP contribution < -0.4 is 10.7 Å². The van der Waals surface area contributed by atoms with Gasteiger partial charge in [0.15, 0.2) is 5.78 Å². The molecule has 0 atom stereocenters. The molecule has 0 saturated heterocycles. The number of aryl methyl sites for hydroxylation is 1. The number of ketones is 1. The molecule has 0 aliphatic heterocycles. The number of pyridine rings is 2. The van der Waals surface area contributed by atoms with Gasteiger partial charge in [0, 0.05) is 28.0 Å². The fourth-order valence-corrected chi connectivity index (χ4v) is 3.60. The van der Waals surface area contributed by atoms with E-state index in [1.165, 1.54) is 10.8 Å². The third-order valence-corrected chi connectivity index (χ3v) is 5.46. The number of amides is 1. The van der Waals surface area contributed by atoms with E-state index >= 15 is 0 Å². The van der Waals surface area contributed by atoms with Gasteiger partial charge in [0.05, 0.1) is 16.6 Å². The number of hydrogen-bond acceptors (Lipinski definition) is 4. The van der Waals surface area contributed by atoms with Gasteiger partial charge >= 0.3 is 0 Å². The maximum Gasteiger partial charge on any atom is 0.244 e. The summed E-state index contributed by atoms with van der Waals surface area (Å²) in [5.74, 6) is -2.84. The molecule has 0 radical (unpaired) electrons. The van der Waals surface area contributed by atoms with Crippen LogP contribution in [0.4, 0.5) is 14.5 Å². The molecule has 0 unspecified atom stereocenters. The van der Waals surface area contributed by atoms with Gasteiger partial charge in [-0.1, -0.05) is 15.9 Å². The van der Waals surface area contributed by atoms with Crippen LogP contribution >= 0.6 is 15.9 Å². The molecule has 1 amide bonds. The normalized spacial score (nSPS) is 10.9. The van der Waals surface area contributed by atoms with Crippen molar-refractivity contribution in [3.63, 3.8) is 0 Å². The Morgan fingerprint density at radius 1 is 1.06 bits per heavy atom. The number of rotatable bonds is 5. The molecule has 166 valence electrons. The first-order chi connectivity index (χ1) is 15.7. The van der Waals surface area contributed by atoms with Crippen molar-refractivity contribution in [2.24, 2.45) is 0 Å². The minimum atomic E-state index is -0.923. The van der Waals surface area contributed by atoms with Gasteiger partial charge in [0.2, 0.25) is 11.3 Å². The molecule has 4 aromatic rings. The molecular weight excluding hydrogens is 496 g/mol. The zero-order chi connectivity index (χ0) is 23.7. The number of carbonyl (C=O) groups is 2. The van der Waals surface area contributed by atoms with Gasteiger partial charge in [-0.3, -0.25) is 14.4 Å². The molecule has 0 aliphatic carbocycles. The number of halogens is 3. The van der Waals surface area contributed by atoms with Crippen molar-refractivity contribution in [3.8, 4) is 0 Å². The van der Waals surface area contributed by atoms with Crippen molar-refractivity contribution < 1.29 is 18.4 Å². The second-order valence-electron chi connectivity index (χ2n) is 7.33. The minimum absolute atomic E-state index is 0.128. The molecule has 6 nitrogen and oxygen atoms in total. The SMILES string of the molecule is Cc1ccc2c(=O)c(C(=O)c3ccc(Br)cc3)cn(CC(=O)Nc3ccc(F)cc3F)c2n1. The second kappa shape index (κ2) is 9.03. The lowest BCUT2D eigenvalue weighted by atomic mass is 10.0. The van der Waals surface area contributed by atoms with Crippen molar-refractivity contribution >= 4 is 44.3 Å². The Bertz CT molecular complexity index is 1470. The van der Waals surface area contributed by atoms with E-state index in [0.717, 1.165) is 16.6 Å². The highest BCUT2D eigenvalue weighted by Gasteiger charge is 2.19. The topological polar surface area (TPSA) is 81.1 Å². The molecule has 0 saturated carbocycles. The van der Waals surface area contributed by atoms with Crippen molar-refractivity contribution in [1.29, 1.82) is 0 Å². The van der Waals surface area contributed by atoms with Gasteiger partial charge in [-0.05, 0) is 55.5 Å². The minimum Gasteiger partial charge on any atom is -0.322 e. The van der Waals surface area contributed by atoms with E-state index in [-0.39, 0.29) is 28.8 Å². The van der Waals surface area contributed by atoms with E-state index in [0.29, 0.717) is 17.3 Å². The summed E-state index contributed by atoms with van der Waals surface area (Å²) in [6.45, 7) is 1.37. The van der Waals surface area contributed by atoms with Gasteiger partial charge in [-0.2, -0.15) is 0 Å². The summed E-state index contributed by atoms with van der Waals surface area (Å²) >= 11 is 3.30. The highest BCUT2D eigenvalue weighted by Crippen LogP contribution is 2.18. The van der Waals surface area contributed by atoms with E-state index in [2.05, 4.69) is 26.2 Å². The average molecular weight is 512 g/mol. The van der Waals surface area contributed by atoms with Crippen LogP contribution in [-0.2, 0) is 11.3 Å². The molecule has 0 bridgehead atoms. The summed E-state index contributed by atoms with van der Waals surface area (Å²) in [6, 6.07) is 12.5. The van der Waals surface area contributed by atoms with Crippen LogP contribution in [0.3, 0.4) is 0 Å². The Labute approximate surface area is 195 Å². The lowest BCUT2D eigenvalue weighted by Crippen LogP contribution is -2.25. The molecule has 2 aromatic carbocycles. The van der Waals surface area contributed by atoms with E-state index in [1.807, 2.05) is 0 Å². The molecule has 2 aromatic heterocycles. The van der Waals surface area contributed by atoms with Crippen molar-refractivity contribution in [2.45, 2.75) is 13.5 Å². The Hall–Kier alpha value is -3.72. The Kier molecular flexibility index (Phi) is 6.15. The van der Waals surface area contributed by atoms with E-state index in [1.54, 1.807) is 43.3 Å². The smallest absolute Gasteiger partial charge is 0.244 e. The fourth-order valence-electron chi connectivity index (χ4n) is 3.33. The van der Waals surface area contributed by atoms with Crippen LogP contribution in [0.15, 0.2) is 70.1 Å². The summed E-state index contributed by atoms with van der Waals surface area (Å²) in [5.41, 5.74) is 0.291. The number of carbonyl (C=O) groups excluding carboxylic acids is 2. The van der Waals surface area contributed by atoms with Gasteiger partial charge in [-0.15, -0.1) is 0 Å². The highest BCUT2D eigenvalue weighted by molar-refractivity contribution is 9.10. The van der Waals surface area contributed by atoms with E-state index < -0.39 is 28.8 Å². The first kappa shape index (κ1) is 22.5. The van der Waals surface area contributed by atoms with Crippen LogP contribution in [0.1, 0.15) is 21.6 Å². The van der Waals surface area contributed by atoms with Crippen LogP contribution in [0, 0.1) is 18.6 Å². The zero-order valence-electron chi connectivity index (χ0n) is 17.2. The van der Waals surface area contributed by atoms with Crippen LogP contribution in [-0.4, -0.2) is 21.2 Å². The quantitative estimate of drug-likeness (QED) is 0.396. The molecule has 4 rings (SSSR count). The third kappa shape index (κ3) is 4.73. The third-order valence-electron chi connectivity index (χ3n) is 4.93. The highest BCUT2D eigenvalue weighted by atomic mass is 79.9.